The summed E-state index contributed by atoms with van der Waals surface area (Å²) in [5.41, 5.74) is 0.782. The molecule has 31 heavy (non-hydrogen) atoms. The number of amides is 1. The van der Waals surface area contributed by atoms with Gasteiger partial charge in [-0.1, -0.05) is 12.1 Å². The number of methoxy groups -OCH3 is 1. The molecule has 0 fully saturated rings. The van der Waals surface area contributed by atoms with E-state index in [2.05, 4.69) is 5.32 Å². The quantitative estimate of drug-likeness (QED) is 0.480. The fraction of sp³-hybridized carbons (Fsp3) is 0.333. The van der Waals surface area contributed by atoms with E-state index in [0.29, 0.717) is 16.9 Å². The van der Waals surface area contributed by atoms with E-state index >= 15 is 0 Å². The van der Waals surface area contributed by atoms with Gasteiger partial charge < -0.3 is 15.2 Å². The first-order valence-electron chi connectivity index (χ1n) is 8.86. The van der Waals surface area contributed by atoms with Crippen molar-refractivity contribution >= 4 is 43.1 Å². The Morgan fingerprint density at radius 3 is 2.45 bits per heavy atom. The van der Waals surface area contributed by atoms with Crippen molar-refractivity contribution in [2.45, 2.75) is 39.0 Å². The van der Waals surface area contributed by atoms with Crippen molar-refractivity contribution in [1.29, 1.82) is 0 Å². The molecular weight excluding hydrogens is 468 g/mol. The number of aromatic hydroxyl groups is 1. The number of carbonyl (C=O) groups excluding carboxylic acids is 2. The summed E-state index contributed by atoms with van der Waals surface area (Å²) in [4.78, 5) is 25.2. The largest absolute Gasteiger partial charge is 0.508 e. The van der Waals surface area contributed by atoms with Crippen molar-refractivity contribution in [2.75, 3.05) is 7.11 Å². The molecule has 2 heterocycles. The number of hydrogen-bond donors (Lipinski definition) is 3. The van der Waals surface area contributed by atoms with Gasteiger partial charge in [-0.3, -0.25) is 4.79 Å². The van der Waals surface area contributed by atoms with E-state index in [4.69, 9.17) is 9.88 Å². The zero-order chi connectivity index (χ0) is 23.2. The van der Waals surface area contributed by atoms with Crippen LogP contribution in [-0.4, -0.2) is 51.7 Å². The molecule has 1 aromatic carbocycles. The Morgan fingerprint density at radius 2 is 1.94 bits per heavy atom. The summed E-state index contributed by atoms with van der Waals surface area (Å²) in [6, 6.07) is 5.91. The van der Waals surface area contributed by atoms with E-state index in [1.807, 2.05) is 0 Å². The highest BCUT2D eigenvalue weighted by Crippen LogP contribution is 2.45. The summed E-state index contributed by atoms with van der Waals surface area (Å²) >= 11 is 0.493. The minimum Gasteiger partial charge on any atom is -0.508 e. The average molecular weight is 489 g/mol. The van der Waals surface area contributed by atoms with Crippen LogP contribution in [0, 0.1) is 0 Å². The van der Waals surface area contributed by atoms with Crippen LogP contribution < -0.4 is 10.5 Å². The normalized spacial score (nSPS) is 20.6. The fourth-order valence-corrected chi connectivity index (χ4v) is 7.88. The molecule has 168 valence electrons. The lowest BCUT2D eigenvalue weighted by molar-refractivity contribution is -0.145. The van der Waals surface area contributed by atoms with Crippen molar-refractivity contribution in [3.8, 4) is 5.75 Å². The van der Waals surface area contributed by atoms with Gasteiger partial charge in [0.2, 0.25) is 25.8 Å². The van der Waals surface area contributed by atoms with Crippen LogP contribution in [0.3, 0.4) is 0 Å². The van der Waals surface area contributed by atoms with E-state index in [1.165, 1.54) is 19.1 Å². The highest BCUT2D eigenvalue weighted by atomic mass is 32.3. The van der Waals surface area contributed by atoms with Crippen molar-refractivity contribution in [1.82, 2.24) is 5.32 Å². The van der Waals surface area contributed by atoms with Gasteiger partial charge in [0.1, 0.15) is 20.2 Å². The Hall–Kier alpha value is -2.48. The van der Waals surface area contributed by atoms with Gasteiger partial charge in [0.15, 0.2) is 4.75 Å². The van der Waals surface area contributed by atoms with Crippen LogP contribution in [0.15, 0.2) is 38.8 Å². The number of rotatable bonds is 6. The van der Waals surface area contributed by atoms with Crippen LogP contribution in [0.5, 0.6) is 5.75 Å². The highest BCUT2D eigenvalue weighted by Gasteiger charge is 2.55. The molecule has 2 unspecified atom stereocenters. The number of sulfonamides is 1. The minimum atomic E-state index is -4.24. The van der Waals surface area contributed by atoms with Crippen LogP contribution in [-0.2, 0) is 47.0 Å². The monoisotopic (exact) mass is 488 g/mol. The number of nitrogens with one attached hydrogen (secondary N) is 1. The van der Waals surface area contributed by atoms with Gasteiger partial charge in [0.05, 0.1) is 7.11 Å². The number of ether oxygens (including phenoxy) is 1. The number of thiophene rings is 1. The standard InChI is InChI=1S/C18H20N2O8S3/c1-18(9-11-8-14(31(19,26)27)29-16(11)30(18,24)25)17(23)20-13(15(22)28-2)7-10-3-5-12(21)6-4-10/h3-6,8,13,21H,7,9H2,1-2H3,(H,20,23)(H2,19,26,27). The predicted octanol–water partition coefficient (Wildman–Crippen LogP) is 0.0901. The van der Waals surface area contributed by atoms with Gasteiger partial charge in [-0.2, -0.15) is 0 Å². The molecular formula is C18H20N2O8S3. The van der Waals surface area contributed by atoms with E-state index in [1.54, 1.807) is 12.1 Å². The molecule has 1 aromatic heterocycles. The number of fused-ring (bicyclic) bond motifs is 1. The molecule has 0 aliphatic carbocycles. The molecule has 1 aliphatic rings. The summed E-state index contributed by atoms with van der Waals surface area (Å²) in [6.45, 7) is 1.22. The molecule has 0 saturated carbocycles. The van der Waals surface area contributed by atoms with Crippen LogP contribution in [0.1, 0.15) is 18.1 Å². The molecule has 0 radical (unpaired) electrons. The first-order chi connectivity index (χ1) is 14.3. The Bertz CT molecular complexity index is 1250. The Kier molecular flexibility index (Phi) is 5.90. The lowest BCUT2D eigenvalue weighted by Gasteiger charge is -2.25. The molecule has 3 rings (SSSR count). The molecule has 2 atom stereocenters. The number of nitrogens with two attached hydrogens (primary N) is 1. The van der Waals surface area contributed by atoms with Crippen LogP contribution in [0.4, 0.5) is 0 Å². The maximum absolute atomic E-state index is 13.1. The second-order valence-corrected chi connectivity index (χ2v) is 12.7. The number of sulfone groups is 1. The topological polar surface area (TPSA) is 170 Å². The first kappa shape index (κ1) is 23.2. The van der Waals surface area contributed by atoms with E-state index in [9.17, 15) is 31.5 Å². The number of phenols is 1. The zero-order valence-corrected chi connectivity index (χ0v) is 18.9. The zero-order valence-electron chi connectivity index (χ0n) is 16.5. The van der Waals surface area contributed by atoms with Gasteiger partial charge in [-0.05, 0) is 36.2 Å². The Balaban J connectivity index is 1.88. The lowest BCUT2D eigenvalue weighted by atomic mass is 10.00. The molecule has 0 saturated heterocycles. The van der Waals surface area contributed by atoms with Gasteiger partial charge in [-0.25, -0.2) is 26.8 Å². The Labute approximate surface area is 183 Å². The summed E-state index contributed by atoms with van der Waals surface area (Å²) in [6.07, 6.45) is -0.262. The lowest BCUT2D eigenvalue weighted by Crippen LogP contribution is -2.54. The van der Waals surface area contributed by atoms with Gasteiger partial charge in [-0.15, -0.1) is 11.3 Å². The molecule has 4 N–H and O–H groups in total. The van der Waals surface area contributed by atoms with E-state index in [0.717, 1.165) is 13.2 Å². The second-order valence-electron chi connectivity index (χ2n) is 7.25. The summed E-state index contributed by atoms with van der Waals surface area (Å²) in [7, 11) is -7.19. The van der Waals surface area contributed by atoms with E-state index in [-0.39, 0.29) is 32.6 Å². The highest BCUT2D eigenvalue weighted by molar-refractivity contribution is 7.97. The third-order valence-corrected chi connectivity index (χ3v) is 10.6. The third kappa shape index (κ3) is 4.18. The smallest absolute Gasteiger partial charge is 0.328 e. The number of primary sulfonamides is 1. The van der Waals surface area contributed by atoms with Crippen molar-refractivity contribution < 1.29 is 36.3 Å². The number of hydrogen-bond acceptors (Lipinski definition) is 9. The van der Waals surface area contributed by atoms with Crippen LogP contribution in [0.25, 0.3) is 0 Å². The van der Waals surface area contributed by atoms with Crippen molar-refractivity contribution in [2.24, 2.45) is 5.14 Å². The molecule has 1 aliphatic heterocycles. The molecule has 0 spiro atoms. The van der Waals surface area contributed by atoms with E-state index < -0.39 is 42.5 Å². The summed E-state index contributed by atoms with van der Waals surface area (Å²) < 4.78 is 51.5. The summed E-state index contributed by atoms with van der Waals surface area (Å²) in [5.74, 6) is -1.66. The molecule has 2 aromatic rings. The molecule has 0 bridgehead atoms. The molecule has 10 nitrogen and oxygen atoms in total. The van der Waals surface area contributed by atoms with Gasteiger partial charge in [0.25, 0.3) is 0 Å². The molecule has 1 amide bonds. The van der Waals surface area contributed by atoms with Gasteiger partial charge >= 0.3 is 5.97 Å². The van der Waals surface area contributed by atoms with Crippen LogP contribution >= 0.6 is 11.3 Å². The number of benzene rings is 1. The maximum Gasteiger partial charge on any atom is 0.328 e. The molecule has 13 heteroatoms. The van der Waals surface area contributed by atoms with Gasteiger partial charge in [0, 0.05) is 12.8 Å². The maximum atomic E-state index is 13.1. The SMILES string of the molecule is COC(=O)C(Cc1ccc(O)cc1)NC(=O)C1(C)Cc2cc(S(N)(=O)=O)sc2S1(=O)=O. The Morgan fingerprint density at radius 1 is 1.32 bits per heavy atom. The van der Waals surface area contributed by atoms with Crippen LogP contribution in [0.2, 0.25) is 0 Å². The third-order valence-electron chi connectivity index (χ3n) is 5.04. The number of carbonyl (C=O) groups is 2. The average Bonchev–Trinajstić information content (AvgIpc) is 3.19. The second kappa shape index (κ2) is 7.89. The summed E-state index contributed by atoms with van der Waals surface area (Å²) in [5, 5.41) is 16.9. The number of esters is 1. The first-order valence-corrected chi connectivity index (χ1v) is 12.7. The van der Waals surface area contributed by atoms with Crippen molar-refractivity contribution in [3.05, 3.63) is 41.5 Å². The van der Waals surface area contributed by atoms with Crippen molar-refractivity contribution in [3.63, 3.8) is 0 Å². The fourth-order valence-electron chi connectivity index (χ4n) is 3.26. The predicted molar refractivity (Wildman–Crippen MR) is 111 cm³/mol. The minimum absolute atomic E-state index is 0.00613. The number of phenolic OH excluding ortho intramolecular Hbond substituents is 1.